The van der Waals surface area contributed by atoms with E-state index in [1.165, 1.54) is 12.3 Å². The van der Waals surface area contributed by atoms with Gasteiger partial charge in [0.05, 0.1) is 23.6 Å². The highest BCUT2D eigenvalue weighted by Gasteiger charge is 2.11. The molecule has 0 unspecified atom stereocenters. The number of carbonyl (C=O) groups excluding carboxylic acids is 1. The third-order valence-corrected chi connectivity index (χ3v) is 2.73. The Morgan fingerprint density at radius 2 is 2.33 bits per heavy atom. The quantitative estimate of drug-likeness (QED) is 0.728. The van der Waals surface area contributed by atoms with Crippen LogP contribution >= 0.6 is 11.6 Å². The average molecular weight is 266 g/mol. The first kappa shape index (κ1) is 12.4. The summed E-state index contributed by atoms with van der Waals surface area (Å²) in [4.78, 5) is 15.7. The van der Waals surface area contributed by atoms with Gasteiger partial charge in [-0.05, 0) is 13.0 Å². The number of hydrogen-bond donors (Lipinski definition) is 3. The van der Waals surface area contributed by atoms with E-state index in [0.29, 0.717) is 17.8 Å². The molecule has 6 nitrogen and oxygen atoms in total. The summed E-state index contributed by atoms with van der Waals surface area (Å²) in [7, 11) is 0. The predicted molar refractivity (Wildman–Crippen MR) is 68.2 cm³/mol. The lowest BCUT2D eigenvalue weighted by Crippen LogP contribution is -2.24. The van der Waals surface area contributed by atoms with Gasteiger partial charge in [-0.1, -0.05) is 11.6 Å². The molecule has 0 aromatic carbocycles. The maximum atomic E-state index is 11.9. The largest absolute Gasteiger partial charge is 0.397 e. The van der Waals surface area contributed by atoms with Crippen LogP contribution < -0.4 is 11.1 Å². The van der Waals surface area contributed by atoms with E-state index in [0.717, 1.165) is 11.3 Å². The normalized spacial score (nSPS) is 10.3. The summed E-state index contributed by atoms with van der Waals surface area (Å²) in [5, 5.41) is 9.64. The fourth-order valence-electron chi connectivity index (χ4n) is 1.46. The van der Waals surface area contributed by atoms with E-state index in [1.54, 1.807) is 6.20 Å². The van der Waals surface area contributed by atoms with Crippen molar-refractivity contribution < 1.29 is 4.79 Å². The molecule has 2 heterocycles. The van der Waals surface area contributed by atoms with Crippen LogP contribution in [0.2, 0.25) is 5.15 Å². The van der Waals surface area contributed by atoms with Gasteiger partial charge in [-0.2, -0.15) is 5.10 Å². The van der Waals surface area contributed by atoms with Gasteiger partial charge < -0.3 is 11.1 Å². The summed E-state index contributed by atoms with van der Waals surface area (Å²) in [6.45, 7) is 2.26. The number of nitrogens with zero attached hydrogens (tertiary/aromatic N) is 2. The molecule has 18 heavy (non-hydrogen) atoms. The zero-order chi connectivity index (χ0) is 13.1. The van der Waals surface area contributed by atoms with Crippen molar-refractivity contribution in [3.63, 3.8) is 0 Å². The lowest BCUT2D eigenvalue weighted by Gasteiger charge is -2.07. The zero-order valence-electron chi connectivity index (χ0n) is 9.70. The molecule has 0 spiro atoms. The van der Waals surface area contributed by atoms with Gasteiger partial charge in [-0.3, -0.25) is 9.89 Å². The number of nitrogens with two attached hydrogens (primary N) is 1. The second-order valence-corrected chi connectivity index (χ2v) is 4.18. The van der Waals surface area contributed by atoms with Gasteiger partial charge in [0, 0.05) is 17.8 Å². The zero-order valence-corrected chi connectivity index (χ0v) is 10.5. The molecule has 0 saturated heterocycles. The Labute approximate surface area is 109 Å². The number of nitrogen functional groups attached to an aromatic ring is 1. The number of nitrogens with one attached hydrogen (secondary N) is 2. The number of rotatable bonds is 3. The van der Waals surface area contributed by atoms with Crippen molar-refractivity contribution in [2.45, 2.75) is 13.5 Å². The number of amides is 1. The van der Waals surface area contributed by atoms with Gasteiger partial charge in [0.25, 0.3) is 5.91 Å². The monoisotopic (exact) mass is 265 g/mol. The second kappa shape index (κ2) is 5.05. The van der Waals surface area contributed by atoms with Crippen LogP contribution in [0.5, 0.6) is 0 Å². The topological polar surface area (TPSA) is 96.7 Å². The van der Waals surface area contributed by atoms with Crippen molar-refractivity contribution >= 4 is 23.2 Å². The minimum absolute atomic E-state index is 0.230. The number of H-pyrrole nitrogens is 1. The fraction of sp³-hybridized carbons (Fsp3) is 0.182. The maximum absolute atomic E-state index is 11.9. The summed E-state index contributed by atoms with van der Waals surface area (Å²) < 4.78 is 0. The number of halogens is 1. The van der Waals surface area contributed by atoms with E-state index in [9.17, 15) is 4.79 Å². The van der Waals surface area contributed by atoms with Crippen molar-refractivity contribution in [3.05, 3.63) is 40.4 Å². The van der Waals surface area contributed by atoms with E-state index < -0.39 is 0 Å². The first-order chi connectivity index (χ1) is 8.58. The van der Waals surface area contributed by atoms with Gasteiger partial charge in [-0.25, -0.2) is 4.98 Å². The predicted octanol–water partition coefficient (Wildman–Crippen LogP) is 1.28. The molecule has 2 aromatic rings. The van der Waals surface area contributed by atoms with E-state index in [1.807, 2.05) is 6.92 Å². The number of aromatic amines is 1. The van der Waals surface area contributed by atoms with E-state index in [4.69, 9.17) is 17.3 Å². The highest BCUT2D eigenvalue weighted by molar-refractivity contribution is 6.29. The molecule has 0 atom stereocenters. The molecule has 7 heteroatoms. The average Bonchev–Trinajstić information content (AvgIpc) is 2.75. The van der Waals surface area contributed by atoms with Gasteiger partial charge in [-0.15, -0.1) is 0 Å². The van der Waals surface area contributed by atoms with Crippen LogP contribution in [-0.2, 0) is 6.54 Å². The van der Waals surface area contributed by atoms with Crippen LogP contribution in [-0.4, -0.2) is 21.1 Å². The summed E-state index contributed by atoms with van der Waals surface area (Å²) in [6, 6.07) is 1.44. The number of pyridine rings is 1. The fourth-order valence-corrected chi connectivity index (χ4v) is 1.62. The first-order valence-corrected chi connectivity index (χ1v) is 5.64. The number of anilines is 1. The summed E-state index contributed by atoms with van der Waals surface area (Å²) in [5.74, 6) is -0.294. The van der Waals surface area contributed by atoms with Crippen LogP contribution in [0.3, 0.4) is 0 Å². The number of carbonyl (C=O) groups is 1. The Hall–Kier alpha value is -2.08. The lowest BCUT2D eigenvalue weighted by molar-refractivity contribution is 0.0951. The van der Waals surface area contributed by atoms with Crippen molar-refractivity contribution in [2.75, 3.05) is 5.73 Å². The molecule has 0 fully saturated rings. The molecule has 0 saturated carbocycles. The van der Waals surface area contributed by atoms with E-state index >= 15 is 0 Å². The summed E-state index contributed by atoms with van der Waals surface area (Å²) >= 11 is 5.72. The molecule has 1 amide bonds. The van der Waals surface area contributed by atoms with Gasteiger partial charge >= 0.3 is 0 Å². The molecule has 0 bridgehead atoms. The van der Waals surface area contributed by atoms with Crippen LogP contribution in [0.15, 0.2) is 18.5 Å². The second-order valence-electron chi connectivity index (χ2n) is 3.80. The van der Waals surface area contributed by atoms with Crippen molar-refractivity contribution in [3.8, 4) is 0 Å². The molecule has 0 aliphatic rings. The van der Waals surface area contributed by atoms with Crippen LogP contribution in [0.4, 0.5) is 5.69 Å². The SMILES string of the molecule is Cc1[nH]ncc1CNC(=O)c1cc(Cl)ncc1N. The molecule has 0 aliphatic heterocycles. The van der Waals surface area contributed by atoms with Crippen molar-refractivity contribution in [1.82, 2.24) is 20.5 Å². The Bertz CT molecular complexity index is 581. The molecule has 94 valence electrons. The standard InChI is InChI=1S/C11H12ClN5O/c1-6-7(4-16-17-6)3-15-11(18)8-2-10(12)14-5-9(8)13/h2,4-5H,3,13H2,1H3,(H,15,18)(H,16,17). The van der Waals surface area contributed by atoms with Crippen LogP contribution in [0, 0.1) is 6.92 Å². The van der Waals surface area contributed by atoms with E-state index in [-0.39, 0.29) is 11.1 Å². The molecular formula is C11H12ClN5O. The Morgan fingerprint density at radius 3 is 3.00 bits per heavy atom. The minimum Gasteiger partial charge on any atom is -0.397 e. The number of aromatic nitrogens is 3. The third kappa shape index (κ3) is 2.60. The van der Waals surface area contributed by atoms with Gasteiger partial charge in [0.1, 0.15) is 5.15 Å². The highest BCUT2D eigenvalue weighted by atomic mass is 35.5. The summed E-state index contributed by atoms with van der Waals surface area (Å²) in [5.41, 5.74) is 8.11. The summed E-state index contributed by atoms with van der Waals surface area (Å²) in [6.07, 6.45) is 3.03. The van der Waals surface area contributed by atoms with Crippen LogP contribution in [0.25, 0.3) is 0 Å². The third-order valence-electron chi connectivity index (χ3n) is 2.52. The maximum Gasteiger partial charge on any atom is 0.253 e. The van der Waals surface area contributed by atoms with Crippen molar-refractivity contribution in [2.24, 2.45) is 0 Å². The molecule has 0 radical (unpaired) electrons. The Morgan fingerprint density at radius 1 is 1.56 bits per heavy atom. The van der Waals surface area contributed by atoms with Crippen molar-refractivity contribution in [1.29, 1.82) is 0 Å². The number of hydrogen-bond acceptors (Lipinski definition) is 4. The molecular weight excluding hydrogens is 254 g/mol. The Kier molecular flexibility index (Phi) is 3.47. The minimum atomic E-state index is -0.294. The molecule has 4 N–H and O–H groups in total. The first-order valence-electron chi connectivity index (χ1n) is 5.26. The van der Waals surface area contributed by atoms with E-state index in [2.05, 4.69) is 20.5 Å². The highest BCUT2D eigenvalue weighted by Crippen LogP contribution is 2.15. The van der Waals surface area contributed by atoms with Crippen LogP contribution in [0.1, 0.15) is 21.6 Å². The molecule has 0 aliphatic carbocycles. The molecule has 2 rings (SSSR count). The molecule has 2 aromatic heterocycles. The lowest BCUT2D eigenvalue weighted by atomic mass is 10.2. The number of aryl methyl sites for hydroxylation is 1. The smallest absolute Gasteiger partial charge is 0.253 e. The van der Waals surface area contributed by atoms with Gasteiger partial charge in [0.15, 0.2) is 0 Å². The van der Waals surface area contributed by atoms with Gasteiger partial charge in [0.2, 0.25) is 0 Å². The Balaban J connectivity index is 2.08.